The Labute approximate surface area is 192 Å². The zero-order chi connectivity index (χ0) is 22.8. The normalized spacial score (nSPS) is 15.8. The average molecular weight is 448 g/mol. The van der Waals surface area contributed by atoms with Crippen molar-refractivity contribution in [2.45, 2.75) is 25.8 Å². The number of hydrogen-bond acceptors (Lipinski definition) is 6. The molecule has 1 fully saturated rings. The molecule has 172 valence electrons. The Morgan fingerprint density at radius 1 is 1.06 bits per heavy atom. The van der Waals surface area contributed by atoms with E-state index in [1.165, 1.54) is 11.1 Å². The Hall–Kier alpha value is -3.16. The molecule has 1 aliphatic carbocycles. The molecule has 2 heterocycles. The molecule has 0 unspecified atom stereocenters. The Balaban J connectivity index is 1.23. The second-order valence-electron chi connectivity index (χ2n) is 8.93. The molecule has 33 heavy (non-hydrogen) atoms. The van der Waals surface area contributed by atoms with Crippen molar-refractivity contribution < 1.29 is 13.9 Å². The number of aryl methyl sites for hydroxylation is 2. The van der Waals surface area contributed by atoms with Crippen LogP contribution in [0.15, 0.2) is 51.7 Å². The lowest BCUT2D eigenvalue weighted by Gasteiger charge is -2.28. The summed E-state index contributed by atoms with van der Waals surface area (Å²) in [6, 6.07) is 13.6. The molecule has 0 spiro atoms. The lowest BCUT2D eigenvalue weighted by atomic mass is 10.0. The molecule has 1 N–H and O–H groups in total. The number of nitrogens with one attached hydrogen (secondary N) is 1. The van der Waals surface area contributed by atoms with Crippen LogP contribution in [0.2, 0.25) is 0 Å². The third kappa shape index (κ3) is 4.94. The van der Waals surface area contributed by atoms with Crippen LogP contribution in [0.4, 0.5) is 11.4 Å². The van der Waals surface area contributed by atoms with Gasteiger partial charge in [-0.1, -0.05) is 0 Å². The van der Waals surface area contributed by atoms with E-state index >= 15 is 0 Å². The summed E-state index contributed by atoms with van der Waals surface area (Å²) in [5.41, 5.74) is 5.68. The number of anilines is 2. The highest BCUT2D eigenvalue weighted by atomic mass is 16.5. The lowest BCUT2D eigenvalue weighted by molar-refractivity contribution is -0.117. The minimum absolute atomic E-state index is 0.0928. The van der Waals surface area contributed by atoms with E-state index in [9.17, 15) is 9.59 Å². The first kappa shape index (κ1) is 21.7. The molecule has 1 amide bonds. The number of likely N-dealkylation sites (N-methyl/N-ethyl adjacent to an activating group) is 1. The number of benzene rings is 2. The van der Waals surface area contributed by atoms with Crippen molar-refractivity contribution in [3.63, 3.8) is 0 Å². The number of carbonyl (C=O) groups is 1. The largest absolute Gasteiger partial charge is 0.423 e. The van der Waals surface area contributed by atoms with Crippen molar-refractivity contribution in [1.29, 1.82) is 0 Å². The molecule has 2 aliphatic rings. The van der Waals surface area contributed by atoms with Crippen LogP contribution < -0.4 is 15.8 Å². The molecule has 0 radical (unpaired) electrons. The van der Waals surface area contributed by atoms with E-state index < -0.39 is 0 Å². The van der Waals surface area contributed by atoms with Gasteiger partial charge in [0.1, 0.15) is 5.58 Å². The van der Waals surface area contributed by atoms with Gasteiger partial charge in [-0.05, 0) is 79.4 Å². The number of rotatable bonds is 6. The summed E-state index contributed by atoms with van der Waals surface area (Å²) in [6.07, 6.45) is 3.23. The van der Waals surface area contributed by atoms with Crippen LogP contribution in [0.25, 0.3) is 11.0 Å². The topological polar surface area (TPSA) is 75.0 Å². The van der Waals surface area contributed by atoms with Gasteiger partial charge in [0.15, 0.2) is 0 Å². The SMILES string of the molecule is CN(CC(=O)Nc1ccc(N2CCOCC2)cc1)Cc1cc(=O)oc2cc3c(cc12)CCC3. The molecule has 3 aromatic rings. The van der Waals surface area contributed by atoms with Crippen LogP contribution in [-0.2, 0) is 28.9 Å². The zero-order valence-corrected chi connectivity index (χ0v) is 18.9. The molecule has 0 atom stereocenters. The number of fused-ring (bicyclic) bond motifs is 2. The van der Waals surface area contributed by atoms with E-state index in [2.05, 4.69) is 16.3 Å². The Morgan fingerprint density at radius 2 is 1.79 bits per heavy atom. The highest BCUT2D eigenvalue weighted by Crippen LogP contribution is 2.29. The Bertz CT molecular complexity index is 1210. The zero-order valence-electron chi connectivity index (χ0n) is 18.9. The number of hydrogen-bond donors (Lipinski definition) is 1. The molecule has 5 rings (SSSR count). The Kier molecular flexibility index (Phi) is 6.15. The van der Waals surface area contributed by atoms with Gasteiger partial charge in [-0.25, -0.2) is 4.79 Å². The van der Waals surface area contributed by atoms with Gasteiger partial charge in [0, 0.05) is 42.5 Å². The fraction of sp³-hybridized carbons (Fsp3) is 0.385. The van der Waals surface area contributed by atoms with E-state index in [0.29, 0.717) is 12.1 Å². The standard InChI is InChI=1S/C26H29N3O4/c1-28(16-20-15-26(31)33-24-14-19-4-2-3-18(19)13-23(20)24)17-25(30)27-21-5-7-22(8-6-21)29-9-11-32-12-10-29/h5-8,13-15H,2-4,9-12,16-17H2,1H3,(H,27,30). The summed E-state index contributed by atoms with van der Waals surface area (Å²) in [4.78, 5) is 28.9. The van der Waals surface area contributed by atoms with Crippen LogP contribution in [0.1, 0.15) is 23.1 Å². The third-order valence-electron chi connectivity index (χ3n) is 6.42. The number of carbonyl (C=O) groups excluding carboxylic acids is 1. The fourth-order valence-electron chi connectivity index (χ4n) is 4.80. The summed E-state index contributed by atoms with van der Waals surface area (Å²) in [5, 5.41) is 3.93. The monoisotopic (exact) mass is 447 g/mol. The maximum absolute atomic E-state index is 12.6. The van der Waals surface area contributed by atoms with Gasteiger partial charge < -0.3 is 19.4 Å². The van der Waals surface area contributed by atoms with Crippen molar-refractivity contribution in [3.05, 3.63) is 69.6 Å². The third-order valence-corrected chi connectivity index (χ3v) is 6.42. The predicted molar refractivity (Wildman–Crippen MR) is 129 cm³/mol. The molecule has 2 aromatic carbocycles. The van der Waals surface area contributed by atoms with E-state index in [4.69, 9.17) is 9.15 Å². The minimum Gasteiger partial charge on any atom is -0.423 e. The first-order chi connectivity index (χ1) is 16.0. The van der Waals surface area contributed by atoms with E-state index in [-0.39, 0.29) is 18.1 Å². The van der Waals surface area contributed by atoms with Crippen LogP contribution in [0.5, 0.6) is 0 Å². The van der Waals surface area contributed by atoms with Gasteiger partial charge in [-0.3, -0.25) is 9.69 Å². The van der Waals surface area contributed by atoms with Crippen molar-refractivity contribution in [1.82, 2.24) is 4.90 Å². The minimum atomic E-state index is -0.353. The quantitative estimate of drug-likeness (QED) is 0.585. The molecule has 1 aliphatic heterocycles. The summed E-state index contributed by atoms with van der Waals surface area (Å²) < 4.78 is 10.9. The van der Waals surface area contributed by atoms with E-state index in [0.717, 1.165) is 67.9 Å². The maximum atomic E-state index is 12.6. The van der Waals surface area contributed by atoms with Crippen LogP contribution >= 0.6 is 0 Å². The highest BCUT2D eigenvalue weighted by Gasteiger charge is 2.17. The number of amides is 1. The smallest absolute Gasteiger partial charge is 0.336 e. The van der Waals surface area contributed by atoms with Gasteiger partial charge in [-0.15, -0.1) is 0 Å². The van der Waals surface area contributed by atoms with Crippen LogP contribution in [0, 0.1) is 0 Å². The van der Waals surface area contributed by atoms with E-state index in [1.807, 2.05) is 42.3 Å². The fourth-order valence-corrected chi connectivity index (χ4v) is 4.80. The summed E-state index contributed by atoms with van der Waals surface area (Å²) in [5.74, 6) is -0.0928. The molecule has 0 bridgehead atoms. The van der Waals surface area contributed by atoms with Crippen molar-refractivity contribution in [3.8, 4) is 0 Å². The Morgan fingerprint density at radius 3 is 2.55 bits per heavy atom. The molecule has 7 heteroatoms. The van der Waals surface area contributed by atoms with E-state index in [1.54, 1.807) is 6.07 Å². The van der Waals surface area contributed by atoms with Crippen LogP contribution in [-0.4, -0.2) is 50.7 Å². The summed E-state index contributed by atoms with van der Waals surface area (Å²) in [7, 11) is 1.88. The van der Waals surface area contributed by atoms with Gasteiger partial charge >= 0.3 is 5.63 Å². The highest BCUT2D eigenvalue weighted by molar-refractivity contribution is 5.92. The van der Waals surface area contributed by atoms with Crippen molar-refractivity contribution in [2.24, 2.45) is 0 Å². The molecular weight excluding hydrogens is 418 g/mol. The first-order valence-electron chi connectivity index (χ1n) is 11.5. The molecule has 1 aromatic heterocycles. The summed E-state index contributed by atoms with van der Waals surface area (Å²) >= 11 is 0. The molecule has 7 nitrogen and oxygen atoms in total. The van der Waals surface area contributed by atoms with Crippen molar-refractivity contribution >= 4 is 28.3 Å². The van der Waals surface area contributed by atoms with Gasteiger partial charge in [-0.2, -0.15) is 0 Å². The maximum Gasteiger partial charge on any atom is 0.336 e. The first-order valence-corrected chi connectivity index (χ1v) is 11.5. The molecular formula is C26H29N3O4. The lowest BCUT2D eigenvalue weighted by Crippen LogP contribution is -2.36. The van der Waals surface area contributed by atoms with Gasteiger partial charge in [0.25, 0.3) is 0 Å². The summed E-state index contributed by atoms with van der Waals surface area (Å²) in [6.45, 7) is 3.96. The second kappa shape index (κ2) is 9.37. The second-order valence-corrected chi connectivity index (χ2v) is 8.93. The average Bonchev–Trinajstić information content (AvgIpc) is 3.26. The van der Waals surface area contributed by atoms with Crippen LogP contribution in [0.3, 0.4) is 0 Å². The number of nitrogens with zero attached hydrogens (tertiary/aromatic N) is 2. The van der Waals surface area contributed by atoms with Gasteiger partial charge in [0.2, 0.25) is 5.91 Å². The number of ether oxygens (including phenoxy) is 1. The van der Waals surface area contributed by atoms with Crippen molar-refractivity contribution in [2.75, 3.05) is 50.1 Å². The molecule has 1 saturated heterocycles. The molecule has 0 saturated carbocycles. The van der Waals surface area contributed by atoms with Gasteiger partial charge in [0.05, 0.1) is 19.8 Å². The predicted octanol–water partition coefficient (Wildman–Crippen LogP) is 3.19. The number of morpholine rings is 1.